The van der Waals surface area contributed by atoms with E-state index in [0.29, 0.717) is 13.2 Å². The van der Waals surface area contributed by atoms with Gasteiger partial charge < -0.3 is 20.3 Å². The van der Waals surface area contributed by atoms with E-state index in [4.69, 9.17) is 4.74 Å². The van der Waals surface area contributed by atoms with E-state index in [1.54, 1.807) is 4.90 Å². The van der Waals surface area contributed by atoms with E-state index in [2.05, 4.69) is 10.6 Å². The van der Waals surface area contributed by atoms with Gasteiger partial charge >= 0.3 is 6.03 Å². The van der Waals surface area contributed by atoms with Gasteiger partial charge in [0.05, 0.1) is 6.61 Å². The van der Waals surface area contributed by atoms with E-state index in [1.165, 1.54) is 0 Å². The van der Waals surface area contributed by atoms with Crippen LogP contribution in [0.2, 0.25) is 0 Å². The number of ether oxygens (including phenoxy) is 1. The van der Waals surface area contributed by atoms with E-state index < -0.39 is 0 Å². The second-order valence-corrected chi connectivity index (χ2v) is 4.11. The van der Waals surface area contributed by atoms with Crippen molar-refractivity contribution in [2.75, 3.05) is 38.1 Å². The monoisotopic (exact) mass is 249 g/mol. The van der Waals surface area contributed by atoms with Crippen LogP contribution in [0.5, 0.6) is 5.75 Å². The van der Waals surface area contributed by atoms with Crippen LogP contribution in [0.1, 0.15) is 6.92 Å². The van der Waals surface area contributed by atoms with Crippen molar-refractivity contribution in [2.24, 2.45) is 0 Å². The molecule has 0 radical (unpaired) electrons. The van der Waals surface area contributed by atoms with Gasteiger partial charge in [0, 0.05) is 37.9 Å². The quantitative estimate of drug-likeness (QED) is 0.803. The highest BCUT2D eigenvalue weighted by molar-refractivity contribution is 5.76. The Morgan fingerprint density at radius 3 is 3.11 bits per heavy atom. The van der Waals surface area contributed by atoms with Crippen molar-refractivity contribution >= 4 is 11.7 Å². The molecule has 1 fully saturated rings. The third kappa shape index (κ3) is 3.29. The lowest BCUT2D eigenvalue weighted by atomic mass is 10.3. The summed E-state index contributed by atoms with van der Waals surface area (Å²) in [6, 6.07) is 7.87. The molecule has 5 nitrogen and oxygen atoms in total. The maximum atomic E-state index is 11.3. The summed E-state index contributed by atoms with van der Waals surface area (Å²) in [4.78, 5) is 13.1. The average molecular weight is 249 g/mol. The number of nitrogens with zero attached hydrogens (tertiary/aromatic N) is 1. The summed E-state index contributed by atoms with van der Waals surface area (Å²) in [7, 11) is 0. The molecule has 0 spiro atoms. The molecule has 18 heavy (non-hydrogen) atoms. The highest BCUT2D eigenvalue weighted by atomic mass is 16.5. The van der Waals surface area contributed by atoms with Crippen LogP contribution in [0, 0.1) is 0 Å². The molecule has 1 saturated heterocycles. The minimum atomic E-state index is 0.0277. The van der Waals surface area contributed by atoms with Crippen LogP contribution in [0.4, 0.5) is 10.5 Å². The normalized spacial score (nSPS) is 14.5. The maximum absolute atomic E-state index is 11.3. The highest BCUT2D eigenvalue weighted by Gasteiger charge is 2.18. The van der Waals surface area contributed by atoms with Gasteiger partial charge in [-0.25, -0.2) is 4.79 Å². The van der Waals surface area contributed by atoms with Gasteiger partial charge in [-0.15, -0.1) is 0 Å². The molecule has 1 aliphatic rings. The lowest BCUT2D eigenvalue weighted by Gasteiger charge is -2.15. The summed E-state index contributed by atoms with van der Waals surface area (Å²) in [5, 5.41) is 6.07. The molecule has 98 valence electrons. The SMILES string of the molecule is CCOc1cccc(NCCN2CCNC2=O)c1. The molecule has 0 aliphatic carbocycles. The van der Waals surface area contributed by atoms with Gasteiger partial charge in [-0.1, -0.05) is 6.07 Å². The third-order valence-corrected chi connectivity index (χ3v) is 2.80. The second kappa shape index (κ2) is 6.14. The summed E-state index contributed by atoms with van der Waals surface area (Å²) >= 11 is 0. The molecule has 0 unspecified atom stereocenters. The van der Waals surface area contributed by atoms with Crippen molar-refractivity contribution in [3.63, 3.8) is 0 Å². The Kier molecular flexibility index (Phi) is 4.28. The fourth-order valence-corrected chi connectivity index (χ4v) is 1.92. The van der Waals surface area contributed by atoms with E-state index in [-0.39, 0.29) is 6.03 Å². The first-order chi connectivity index (χ1) is 8.79. The van der Waals surface area contributed by atoms with E-state index in [1.807, 2.05) is 31.2 Å². The minimum Gasteiger partial charge on any atom is -0.494 e. The number of hydrogen-bond acceptors (Lipinski definition) is 3. The number of rotatable bonds is 6. The van der Waals surface area contributed by atoms with Crippen molar-refractivity contribution in [2.45, 2.75) is 6.92 Å². The van der Waals surface area contributed by atoms with Gasteiger partial charge in [-0.2, -0.15) is 0 Å². The molecule has 1 aromatic rings. The van der Waals surface area contributed by atoms with Crippen molar-refractivity contribution < 1.29 is 9.53 Å². The maximum Gasteiger partial charge on any atom is 0.317 e. The fourth-order valence-electron chi connectivity index (χ4n) is 1.92. The molecule has 0 saturated carbocycles. The number of amides is 2. The van der Waals surface area contributed by atoms with Gasteiger partial charge in [0.15, 0.2) is 0 Å². The van der Waals surface area contributed by atoms with Crippen LogP contribution >= 0.6 is 0 Å². The molecular weight excluding hydrogens is 230 g/mol. The minimum absolute atomic E-state index is 0.0277. The van der Waals surface area contributed by atoms with E-state index in [9.17, 15) is 4.79 Å². The molecule has 0 aromatic heterocycles. The molecule has 2 amide bonds. The first kappa shape index (κ1) is 12.5. The largest absolute Gasteiger partial charge is 0.494 e. The Labute approximate surface area is 107 Å². The molecule has 1 aromatic carbocycles. The first-order valence-corrected chi connectivity index (χ1v) is 6.29. The number of benzene rings is 1. The number of urea groups is 1. The summed E-state index contributed by atoms with van der Waals surface area (Å²) < 4.78 is 5.43. The van der Waals surface area contributed by atoms with Gasteiger partial charge in [0.2, 0.25) is 0 Å². The number of nitrogens with one attached hydrogen (secondary N) is 2. The number of hydrogen-bond donors (Lipinski definition) is 2. The van der Waals surface area contributed by atoms with Crippen molar-refractivity contribution in [1.82, 2.24) is 10.2 Å². The zero-order valence-corrected chi connectivity index (χ0v) is 10.6. The van der Waals surface area contributed by atoms with Crippen LogP contribution in [-0.2, 0) is 0 Å². The van der Waals surface area contributed by atoms with Crippen LogP contribution in [0.25, 0.3) is 0 Å². The third-order valence-electron chi connectivity index (χ3n) is 2.80. The zero-order chi connectivity index (χ0) is 12.8. The van der Waals surface area contributed by atoms with Crippen LogP contribution in [0.3, 0.4) is 0 Å². The molecule has 0 atom stereocenters. The number of carbonyl (C=O) groups is 1. The Hall–Kier alpha value is -1.91. The standard InChI is InChI=1S/C13H19N3O2/c1-2-18-12-5-3-4-11(10-12)14-6-8-16-9-7-15-13(16)17/h3-5,10,14H,2,6-9H2,1H3,(H,15,17). The molecular formula is C13H19N3O2. The Morgan fingerprint density at radius 1 is 1.50 bits per heavy atom. The number of carbonyl (C=O) groups excluding carboxylic acids is 1. The summed E-state index contributed by atoms with van der Waals surface area (Å²) in [5.41, 5.74) is 1.01. The van der Waals surface area contributed by atoms with Crippen molar-refractivity contribution in [1.29, 1.82) is 0 Å². The second-order valence-electron chi connectivity index (χ2n) is 4.11. The van der Waals surface area contributed by atoms with E-state index >= 15 is 0 Å². The summed E-state index contributed by atoms with van der Waals surface area (Å²) in [6.45, 7) is 5.62. The molecule has 0 bridgehead atoms. The molecule has 5 heteroatoms. The Balaban J connectivity index is 1.79. The Bertz CT molecular complexity index is 409. The van der Waals surface area contributed by atoms with Gasteiger partial charge in [0.1, 0.15) is 5.75 Å². The smallest absolute Gasteiger partial charge is 0.317 e. The predicted octanol–water partition coefficient (Wildman–Crippen LogP) is 1.52. The highest BCUT2D eigenvalue weighted by Crippen LogP contribution is 2.16. The van der Waals surface area contributed by atoms with Crippen LogP contribution in [0.15, 0.2) is 24.3 Å². The molecule has 2 rings (SSSR count). The molecule has 1 aliphatic heterocycles. The molecule has 1 heterocycles. The summed E-state index contributed by atoms with van der Waals surface area (Å²) in [5.74, 6) is 0.862. The first-order valence-electron chi connectivity index (χ1n) is 6.29. The lowest BCUT2D eigenvalue weighted by Crippen LogP contribution is -2.32. The molecule has 2 N–H and O–H groups in total. The summed E-state index contributed by atoms with van der Waals surface area (Å²) in [6.07, 6.45) is 0. The van der Waals surface area contributed by atoms with Gasteiger partial charge in [0.25, 0.3) is 0 Å². The van der Waals surface area contributed by atoms with Crippen LogP contribution in [-0.4, -0.2) is 43.7 Å². The lowest BCUT2D eigenvalue weighted by molar-refractivity contribution is 0.219. The van der Waals surface area contributed by atoms with Crippen molar-refractivity contribution in [3.05, 3.63) is 24.3 Å². The average Bonchev–Trinajstić information content (AvgIpc) is 2.76. The number of anilines is 1. The fraction of sp³-hybridized carbons (Fsp3) is 0.462. The topological polar surface area (TPSA) is 53.6 Å². The van der Waals surface area contributed by atoms with Gasteiger partial charge in [-0.05, 0) is 19.1 Å². The predicted molar refractivity (Wildman–Crippen MR) is 71.1 cm³/mol. The Morgan fingerprint density at radius 2 is 2.39 bits per heavy atom. The van der Waals surface area contributed by atoms with Crippen LogP contribution < -0.4 is 15.4 Å². The van der Waals surface area contributed by atoms with E-state index in [0.717, 1.165) is 31.1 Å². The zero-order valence-electron chi connectivity index (χ0n) is 10.6. The van der Waals surface area contributed by atoms with Crippen molar-refractivity contribution in [3.8, 4) is 5.75 Å². The van der Waals surface area contributed by atoms with Gasteiger partial charge in [-0.3, -0.25) is 0 Å².